The fraction of sp³-hybridized carbons (Fsp3) is 0.500. The number of halogens is 2. The van der Waals surface area contributed by atoms with Gasteiger partial charge in [0.1, 0.15) is 18.5 Å². The van der Waals surface area contributed by atoms with Gasteiger partial charge in [-0.3, -0.25) is 0 Å². The minimum Gasteiger partial charge on any atom is -0.463 e. The molecule has 2 heterocycles. The Morgan fingerprint density at radius 3 is 2.77 bits per heavy atom. The lowest BCUT2D eigenvalue weighted by molar-refractivity contribution is -0.180. The average Bonchev–Trinajstić information content (AvgIpc) is 3.25. The second-order valence-corrected chi connectivity index (χ2v) is 10.2. The molecule has 0 radical (unpaired) electrons. The zero-order valence-corrected chi connectivity index (χ0v) is 22.2. The number of urea groups is 1. The van der Waals surface area contributed by atoms with E-state index in [4.69, 9.17) is 24.7 Å². The van der Waals surface area contributed by atoms with Crippen LogP contribution >= 0.6 is 0 Å². The zero-order valence-electron chi connectivity index (χ0n) is 22.2. The average molecular weight is 548 g/mol. The van der Waals surface area contributed by atoms with Crippen LogP contribution in [-0.2, 0) is 26.7 Å². The van der Waals surface area contributed by atoms with Crippen molar-refractivity contribution in [1.29, 1.82) is 0 Å². The quantitative estimate of drug-likeness (QED) is 0.331. The number of hydrogen-bond donors (Lipinski definition) is 2. The van der Waals surface area contributed by atoms with Gasteiger partial charge in [0.2, 0.25) is 5.79 Å². The van der Waals surface area contributed by atoms with E-state index in [0.29, 0.717) is 26.1 Å². The van der Waals surface area contributed by atoms with Crippen LogP contribution in [0.15, 0.2) is 42.5 Å². The molecule has 0 bridgehead atoms. The Balaban J connectivity index is 1.12. The lowest BCUT2D eigenvalue weighted by atomic mass is 10.0. The van der Waals surface area contributed by atoms with E-state index in [1.165, 1.54) is 24.3 Å². The summed E-state index contributed by atoms with van der Waals surface area (Å²) < 4.78 is 51.2. The topological polar surface area (TPSA) is 112 Å². The highest BCUT2D eigenvalue weighted by molar-refractivity contribution is 5.87. The molecular formula is C28H35F2N3O6. The van der Waals surface area contributed by atoms with E-state index in [0.717, 1.165) is 36.1 Å². The number of nitrogens with zero attached hydrogens (tertiary/aromatic N) is 1. The SMILES string of the molecule is CC1(C)OCc2cc([C@@H]3CN(CCCCCCOCC(F)(F)c4cccc(NC(N)=O)c4)C(=O)O3)ccc2O1. The van der Waals surface area contributed by atoms with Gasteiger partial charge in [0.25, 0.3) is 5.92 Å². The van der Waals surface area contributed by atoms with Gasteiger partial charge in [0.05, 0.1) is 13.2 Å². The van der Waals surface area contributed by atoms with Gasteiger partial charge >= 0.3 is 12.1 Å². The van der Waals surface area contributed by atoms with Crippen LogP contribution in [0.1, 0.15) is 62.3 Å². The summed E-state index contributed by atoms with van der Waals surface area (Å²) in [4.78, 5) is 25.0. The molecular weight excluding hydrogens is 512 g/mol. The first-order valence-corrected chi connectivity index (χ1v) is 13.1. The normalized spacial score (nSPS) is 18.3. The molecule has 0 saturated carbocycles. The Morgan fingerprint density at radius 2 is 1.97 bits per heavy atom. The van der Waals surface area contributed by atoms with Gasteiger partial charge in [-0.05, 0) is 42.7 Å². The maximum atomic E-state index is 14.5. The van der Waals surface area contributed by atoms with Crippen LogP contribution in [0.25, 0.3) is 0 Å². The highest BCUT2D eigenvalue weighted by Gasteiger charge is 2.34. The molecule has 1 fully saturated rings. The van der Waals surface area contributed by atoms with Gasteiger partial charge in [0.15, 0.2) is 0 Å². The van der Waals surface area contributed by atoms with Crippen LogP contribution < -0.4 is 15.8 Å². The van der Waals surface area contributed by atoms with Crippen LogP contribution in [0.5, 0.6) is 5.75 Å². The number of cyclic esters (lactones) is 1. The summed E-state index contributed by atoms with van der Waals surface area (Å²) in [7, 11) is 0. The highest BCUT2D eigenvalue weighted by Crippen LogP contribution is 2.35. The fourth-order valence-electron chi connectivity index (χ4n) is 4.53. The molecule has 1 saturated heterocycles. The number of primary amides is 1. The summed E-state index contributed by atoms with van der Waals surface area (Å²) in [5, 5.41) is 2.28. The van der Waals surface area contributed by atoms with Gasteiger partial charge in [-0.25, -0.2) is 9.59 Å². The molecule has 1 atom stereocenters. The molecule has 4 rings (SSSR count). The molecule has 2 aromatic rings. The van der Waals surface area contributed by atoms with Crippen molar-refractivity contribution in [2.45, 2.75) is 64.0 Å². The predicted molar refractivity (Wildman–Crippen MR) is 140 cm³/mol. The lowest BCUT2D eigenvalue weighted by Crippen LogP contribution is -2.35. The number of hydrogen-bond acceptors (Lipinski definition) is 6. The van der Waals surface area contributed by atoms with Crippen molar-refractivity contribution in [2.75, 3.05) is 31.6 Å². The van der Waals surface area contributed by atoms with E-state index in [9.17, 15) is 18.4 Å². The zero-order chi connectivity index (χ0) is 28.0. The molecule has 0 unspecified atom stereocenters. The molecule has 212 valence electrons. The van der Waals surface area contributed by atoms with Gasteiger partial charge < -0.3 is 34.9 Å². The summed E-state index contributed by atoms with van der Waals surface area (Å²) in [5.41, 5.74) is 6.81. The largest absolute Gasteiger partial charge is 0.463 e. The molecule has 3 amide bonds. The molecule has 0 aromatic heterocycles. The third-order valence-electron chi connectivity index (χ3n) is 6.58. The molecule has 0 aliphatic carbocycles. The Hall–Kier alpha value is -3.44. The van der Waals surface area contributed by atoms with E-state index < -0.39 is 24.3 Å². The van der Waals surface area contributed by atoms with Crippen molar-refractivity contribution in [1.82, 2.24) is 4.90 Å². The summed E-state index contributed by atoms with van der Waals surface area (Å²) in [6, 6.07) is 10.3. The number of anilines is 1. The molecule has 2 aliphatic heterocycles. The van der Waals surface area contributed by atoms with Crippen molar-refractivity contribution in [3.63, 3.8) is 0 Å². The second kappa shape index (κ2) is 12.2. The summed E-state index contributed by atoms with van der Waals surface area (Å²) in [6.45, 7) is 4.64. The van der Waals surface area contributed by atoms with E-state index in [1.807, 2.05) is 32.0 Å². The molecule has 9 nitrogen and oxygen atoms in total. The molecule has 11 heteroatoms. The van der Waals surface area contributed by atoms with Gasteiger partial charge in [-0.2, -0.15) is 8.78 Å². The smallest absolute Gasteiger partial charge is 0.410 e. The first kappa shape index (κ1) is 28.6. The first-order chi connectivity index (χ1) is 18.5. The van der Waals surface area contributed by atoms with E-state index in [-0.39, 0.29) is 30.1 Å². The van der Waals surface area contributed by atoms with E-state index in [1.54, 1.807) is 4.90 Å². The number of fused-ring (bicyclic) bond motifs is 1. The van der Waals surface area contributed by atoms with Crippen molar-refractivity contribution in [3.8, 4) is 5.75 Å². The number of ether oxygens (including phenoxy) is 4. The van der Waals surface area contributed by atoms with Crippen molar-refractivity contribution >= 4 is 17.8 Å². The highest BCUT2D eigenvalue weighted by atomic mass is 19.3. The third kappa shape index (κ3) is 7.79. The van der Waals surface area contributed by atoms with Crippen LogP contribution in [0, 0.1) is 0 Å². The maximum absolute atomic E-state index is 14.5. The molecule has 39 heavy (non-hydrogen) atoms. The monoisotopic (exact) mass is 547 g/mol. The van der Waals surface area contributed by atoms with Crippen LogP contribution in [0.2, 0.25) is 0 Å². The second-order valence-electron chi connectivity index (χ2n) is 10.2. The number of amides is 3. The number of carbonyl (C=O) groups is 2. The Morgan fingerprint density at radius 1 is 1.18 bits per heavy atom. The van der Waals surface area contributed by atoms with Crippen LogP contribution in [0.3, 0.4) is 0 Å². The van der Waals surface area contributed by atoms with Crippen molar-refractivity contribution in [3.05, 3.63) is 59.2 Å². The summed E-state index contributed by atoms with van der Waals surface area (Å²) >= 11 is 0. The number of alkyl halides is 2. The molecule has 2 aliphatic rings. The summed E-state index contributed by atoms with van der Waals surface area (Å²) in [6.07, 6.45) is 2.34. The predicted octanol–water partition coefficient (Wildman–Crippen LogP) is 5.68. The fourth-order valence-corrected chi connectivity index (χ4v) is 4.53. The van der Waals surface area contributed by atoms with Crippen LogP contribution in [0.4, 0.5) is 24.1 Å². The van der Waals surface area contributed by atoms with Gasteiger partial charge in [-0.15, -0.1) is 0 Å². The number of unbranched alkanes of at least 4 members (excludes halogenated alkanes) is 3. The Kier molecular flexibility index (Phi) is 8.91. The van der Waals surface area contributed by atoms with Crippen molar-refractivity contribution < 1.29 is 37.3 Å². The molecule has 0 spiro atoms. The summed E-state index contributed by atoms with van der Waals surface area (Å²) in [5.74, 6) is -3.09. The standard InChI is InChI=1S/C28H35F2N3O6/c1-27(2)37-17-20-14-19(10-11-23(20)39-27)24-16-33(26(35)38-24)12-5-3-4-6-13-36-18-28(29,30)21-8-7-9-22(15-21)32-25(31)34/h7-11,14-15,24H,3-6,12-13,16-18H2,1-2H3,(H3,31,32,34)/t24-/m0/s1. The van der Waals surface area contributed by atoms with E-state index in [2.05, 4.69) is 5.32 Å². The van der Waals surface area contributed by atoms with Gasteiger partial charge in [-0.1, -0.05) is 31.0 Å². The molecule has 2 aromatic carbocycles. The minimum absolute atomic E-state index is 0.198. The number of carbonyl (C=O) groups excluding carboxylic acids is 2. The number of benzene rings is 2. The Bertz CT molecular complexity index is 1180. The Labute approximate surface area is 226 Å². The minimum atomic E-state index is -3.20. The van der Waals surface area contributed by atoms with Crippen LogP contribution in [-0.4, -0.2) is 49.1 Å². The third-order valence-corrected chi connectivity index (χ3v) is 6.58. The lowest BCUT2D eigenvalue weighted by Gasteiger charge is -2.32. The maximum Gasteiger partial charge on any atom is 0.410 e. The first-order valence-electron chi connectivity index (χ1n) is 13.1. The molecule has 3 N–H and O–H groups in total. The number of nitrogens with two attached hydrogens (primary N) is 1. The van der Waals surface area contributed by atoms with Crippen molar-refractivity contribution in [2.24, 2.45) is 5.73 Å². The van der Waals surface area contributed by atoms with E-state index >= 15 is 0 Å². The number of rotatable bonds is 12. The number of nitrogens with one attached hydrogen (secondary N) is 1. The van der Waals surface area contributed by atoms with Gasteiger partial charge in [0, 0.05) is 43.8 Å².